The third-order valence-electron chi connectivity index (χ3n) is 2.56. The molecule has 3 heterocycles. The lowest BCUT2D eigenvalue weighted by Crippen LogP contribution is -1.86. The molecular weight excluding hydrogens is 210 g/mol. The van der Waals surface area contributed by atoms with Crippen LogP contribution in [0, 0.1) is 0 Å². The summed E-state index contributed by atoms with van der Waals surface area (Å²) >= 11 is 0. The first-order chi connectivity index (χ1) is 8.43. The van der Waals surface area contributed by atoms with Crippen LogP contribution in [0.25, 0.3) is 17.7 Å². The molecule has 17 heavy (non-hydrogen) atoms. The zero-order valence-electron chi connectivity index (χ0n) is 9.19. The first kappa shape index (κ1) is 9.78. The molecular formula is C14H11N3. The van der Waals surface area contributed by atoms with Crippen molar-refractivity contribution in [3.8, 4) is 0 Å². The van der Waals surface area contributed by atoms with Crippen molar-refractivity contribution in [3.05, 3.63) is 66.5 Å². The van der Waals surface area contributed by atoms with E-state index in [4.69, 9.17) is 0 Å². The van der Waals surface area contributed by atoms with Gasteiger partial charge in [-0.2, -0.15) is 0 Å². The molecule has 3 heteroatoms. The van der Waals surface area contributed by atoms with E-state index < -0.39 is 0 Å². The maximum absolute atomic E-state index is 4.36. The van der Waals surface area contributed by atoms with Crippen molar-refractivity contribution in [1.82, 2.24) is 14.4 Å². The van der Waals surface area contributed by atoms with Crippen LogP contribution < -0.4 is 0 Å². The van der Waals surface area contributed by atoms with E-state index in [9.17, 15) is 0 Å². The maximum Gasteiger partial charge on any atom is 0.137 e. The lowest BCUT2D eigenvalue weighted by Gasteiger charge is -1.95. The van der Waals surface area contributed by atoms with Crippen LogP contribution in [-0.2, 0) is 0 Å². The molecule has 0 N–H and O–H groups in total. The SMILES string of the molecule is C(=C\c1ncc2ccccn12)/c1ccccn1. The second-order valence-electron chi connectivity index (χ2n) is 3.70. The van der Waals surface area contributed by atoms with E-state index in [1.54, 1.807) is 6.20 Å². The summed E-state index contributed by atoms with van der Waals surface area (Å²) in [6.07, 6.45) is 9.57. The molecule has 0 aliphatic heterocycles. The van der Waals surface area contributed by atoms with Gasteiger partial charge in [0.25, 0.3) is 0 Å². The van der Waals surface area contributed by atoms with Crippen LogP contribution >= 0.6 is 0 Å². The van der Waals surface area contributed by atoms with Crippen molar-refractivity contribution in [3.63, 3.8) is 0 Å². The molecule has 0 spiro atoms. The molecule has 3 aromatic rings. The molecule has 0 atom stereocenters. The highest BCUT2D eigenvalue weighted by Crippen LogP contribution is 2.09. The van der Waals surface area contributed by atoms with E-state index in [-0.39, 0.29) is 0 Å². The van der Waals surface area contributed by atoms with Gasteiger partial charge in [-0.3, -0.25) is 4.98 Å². The summed E-state index contributed by atoms with van der Waals surface area (Å²) in [4.78, 5) is 8.59. The van der Waals surface area contributed by atoms with Crippen LogP contribution in [0.1, 0.15) is 11.5 Å². The summed E-state index contributed by atoms with van der Waals surface area (Å²) in [5.74, 6) is 0.909. The molecule has 0 fully saturated rings. The highest BCUT2D eigenvalue weighted by molar-refractivity contribution is 5.66. The van der Waals surface area contributed by atoms with Gasteiger partial charge in [0.2, 0.25) is 0 Å². The van der Waals surface area contributed by atoms with Gasteiger partial charge < -0.3 is 4.40 Å². The Hall–Kier alpha value is -2.42. The Morgan fingerprint density at radius 3 is 2.76 bits per heavy atom. The van der Waals surface area contributed by atoms with Gasteiger partial charge in [-0.05, 0) is 36.4 Å². The highest BCUT2D eigenvalue weighted by atomic mass is 15.0. The maximum atomic E-state index is 4.36. The van der Waals surface area contributed by atoms with E-state index >= 15 is 0 Å². The normalized spacial score (nSPS) is 11.3. The molecule has 3 nitrogen and oxygen atoms in total. The predicted octanol–water partition coefficient (Wildman–Crippen LogP) is 2.90. The molecule has 0 amide bonds. The van der Waals surface area contributed by atoms with E-state index in [1.165, 1.54) is 0 Å². The van der Waals surface area contributed by atoms with E-state index in [1.807, 2.05) is 65.3 Å². The number of imidazole rings is 1. The molecule has 3 aromatic heterocycles. The van der Waals surface area contributed by atoms with Gasteiger partial charge in [0.15, 0.2) is 0 Å². The molecule has 0 saturated carbocycles. The number of aromatic nitrogens is 3. The summed E-state index contributed by atoms with van der Waals surface area (Å²) in [6, 6.07) is 11.9. The second kappa shape index (κ2) is 4.22. The summed E-state index contributed by atoms with van der Waals surface area (Å²) in [6.45, 7) is 0. The first-order valence-corrected chi connectivity index (χ1v) is 5.45. The lowest BCUT2D eigenvalue weighted by atomic mass is 10.3. The minimum atomic E-state index is 0.909. The predicted molar refractivity (Wildman–Crippen MR) is 68.4 cm³/mol. The average molecular weight is 221 g/mol. The van der Waals surface area contributed by atoms with Gasteiger partial charge >= 0.3 is 0 Å². The third kappa shape index (κ3) is 1.95. The average Bonchev–Trinajstić information content (AvgIpc) is 2.81. The van der Waals surface area contributed by atoms with Gasteiger partial charge in [0.05, 0.1) is 17.4 Å². The molecule has 0 bridgehead atoms. The summed E-state index contributed by atoms with van der Waals surface area (Å²) in [5, 5.41) is 0. The van der Waals surface area contributed by atoms with Crippen molar-refractivity contribution in [2.75, 3.05) is 0 Å². The monoisotopic (exact) mass is 221 g/mol. The Morgan fingerprint density at radius 2 is 1.88 bits per heavy atom. The van der Waals surface area contributed by atoms with E-state index in [0.717, 1.165) is 17.0 Å². The fourth-order valence-corrected chi connectivity index (χ4v) is 1.72. The van der Waals surface area contributed by atoms with E-state index in [0.29, 0.717) is 0 Å². The van der Waals surface area contributed by atoms with Crippen molar-refractivity contribution in [1.29, 1.82) is 0 Å². The molecule has 82 valence electrons. The van der Waals surface area contributed by atoms with Gasteiger partial charge in [0.1, 0.15) is 5.82 Å². The van der Waals surface area contributed by atoms with Gasteiger partial charge in [0, 0.05) is 12.4 Å². The molecule has 0 aliphatic carbocycles. The molecule has 0 aromatic carbocycles. The Kier molecular flexibility index (Phi) is 2.43. The van der Waals surface area contributed by atoms with Gasteiger partial charge in [-0.15, -0.1) is 0 Å². The van der Waals surface area contributed by atoms with Crippen LogP contribution in [0.5, 0.6) is 0 Å². The molecule has 0 saturated heterocycles. The van der Waals surface area contributed by atoms with Crippen molar-refractivity contribution in [2.24, 2.45) is 0 Å². The quantitative estimate of drug-likeness (QED) is 0.666. The zero-order valence-corrected chi connectivity index (χ0v) is 9.19. The largest absolute Gasteiger partial charge is 0.300 e. The first-order valence-electron chi connectivity index (χ1n) is 5.45. The Bertz CT molecular complexity index is 653. The molecule has 0 radical (unpaired) electrons. The van der Waals surface area contributed by atoms with Crippen LogP contribution in [0.4, 0.5) is 0 Å². The highest BCUT2D eigenvalue weighted by Gasteiger charge is 1.97. The smallest absolute Gasteiger partial charge is 0.137 e. The Balaban J connectivity index is 1.98. The van der Waals surface area contributed by atoms with Crippen molar-refractivity contribution >= 4 is 17.7 Å². The molecule has 0 unspecified atom stereocenters. The zero-order chi connectivity index (χ0) is 11.5. The second-order valence-corrected chi connectivity index (χ2v) is 3.70. The summed E-state index contributed by atoms with van der Waals surface area (Å²) < 4.78 is 2.04. The third-order valence-corrected chi connectivity index (χ3v) is 2.56. The minimum absolute atomic E-state index is 0.909. The number of nitrogens with zero attached hydrogens (tertiary/aromatic N) is 3. The van der Waals surface area contributed by atoms with Gasteiger partial charge in [-0.25, -0.2) is 4.98 Å². The van der Waals surface area contributed by atoms with Crippen molar-refractivity contribution < 1.29 is 0 Å². The summed E-state index contributed by atoms with van der Waals surface area (Å²) in [5.41, 5.74) is 2.02. The van der Waals surface area contributed by atoms with E-state index in [2.05, 4.69) is 9.97 Å². The van der Waals surface area contributed by atoms with Crippen LogP contribution in [0.15, 0.2) is 55.0 Å². The standard InChI is InChI=1S/C14H11N3/c1-3-9-15-12(5-1)7-8-14-16-11-13-6-2-4-10-17(13)14/h1-11H/b8-7+. The fourth-order valence-electron chi connectivity index (χ4n) is 1.72. The van der Waals surface area contributed by atoms with Crippen LogP contribution in [0.2, 0.25) is 0 Å². The number of pyridine rings is 2. The topological polar surface area (TPSA) is 30.2 Å². The van der Waals surface area contributed by atoms with Gasteiger partial charge in [-0.1, -0.05) is 12.1 Å². The van der Waals surface area contributed by atoms with Crippen molar-refractivity contribution in [2.45, 2.75) is 0 Å². The molecule has 3 rings (SSSR count). The number of rotatable bonds is 2. The Morgan fingerprint density at radius 1 is 0.941 bits per heavy atom. The van der Waals surface area contributed by atoms with Crippen LogP contribution in [0.3, 0.4) is 0 Å². The van der Waals surface area contributed by atoms with Crippen LogP contribution in [-0.4, -0.2) is 14.4 Å². The fraction of sp³-hybridized carbons (Fsp3) is 0. The number of hydrogen-bond acceptors (Lipinski definition) is 2. The molecule has 0 aliphatic rings. The number of fused-ring (bicyclic) bond motifs is 1. The lowest BCUT2D eigenvalue weighted by molar-refractivity contribution is 1.12. The summed E-state index contributed by atoms with van der Waals surface area (Å²) in [7, 11) is 0. The Labute approximate surface area is 99.1 Å². The number of hydrogen-bond donors (Lipinski definition) is 0. The minimum Gasteiger partial charge on any atom is -0.300 e.